The van der Waals surface area contributed by atoms with E-state index in [0.29, 0.717) is 0 Å². The van der Waals surface area contributed by atoms with Gasteiger partial charge in [0.1, 0.15) is 11.5 Å². The van der Waals surface area contributed by atoms with Gasteiger partial charge in [-0.25, -0.2) is 16.8 Å². The van der Waals surface area contributed by atoms with Crippen LogP contribution in [0.2, 0.25) is 0 Å². The first-order valence-corrected chi connectivity index (χ1v) is 23.7. The van der Waals surface area contributed by atoms with E-state index >= 15 is 0 Å². The van der Waals surface area contributed by atoms with E-state index in [1.807, 2.05) is 0 Å². The third-order valence-electron chi connectivity index (χ3n) is 8.21. The summed E-state index contributed by atoms with van der Waals surface area (Å²) in [4.78, 5) is 3.91. The van der Waals surface area contributed by atoms with Gasteiger partial charge in [-0.15, -0.1) is 0 Å². The Morgan fingerprint density at radius 3 is 1.06 bits per heavy atom. The van der Waals surface area contributed by atoms with Crippen LogP contribution in [0.1, 0.15) is 5.56 Å². The highest BCUT2D eigenvalue weighted by Crippen LogP contribution is 2.55. The standard InChI is InChI=1S/C31H25IOS.2C4HF9O3S/c1-24-10-8-9-15-31(24)32-25-16-18-26(19-17-25)33-27-20-22-30(23-21-27)34(28-11-4-2-5-12-28)29-13-6-3-7-14-29;2*5-1(6,3(9,10)11)2(7,8)4(12,13)17(14,15)16/h2-23H,1H3;2*(H,14,15,16)/q+2;;/p-2. The van der Waals surface area contributed by atoms with Gasteiger partial charge >= 0.3 is 67.8 Å². The molecule has 5 rings (SSSR count). The average Bonchev–Trinajstić information content (AvgIpc) is 3.22. The molecule has 0 aliphatic carbocycles. The molecule has 0 saturated carbocycles. The summed E-state index contributed by atoms with van der Waals surface area (Å²) < 4.78 is 280. The fourth-order valence-corrected chi connectivity index (χ4v) is 10.0. The van der Waals surface area contributed by atoms with Gasteiger partial charge in [-0.1, -0.05) is 54.6 Å². The predicted octanol–water partition coefficient (Wildman–Crippen LogP) is 8.93. The number of rotatable bonds is 13. The molecule has 0 bridgehead atoms. The number of ether oxygens (including phenoxy) is 1. The molecule has 0 saturated heterocycles. The van der Waals surface area contributed by atoms with E-state index < -0.39 is 66.8 Å². The van der Waals surface area contributed by atoms with E-state index in [1.54, 1.807) is 0 Å². The van der Waals surface area contributed by atoms with Gasteiger partial charge in [0, 0.05) is 5.56 Å². The Balaban J connectivity index is 0.000000305. The largest absolute Gasteiger partial charge is 0.743 e. The fourth-order valence-electron chi connectivity index (χ4n) is 4.68. The maximum Gasteiger partial charge on any atom is 0.460 e. The van der Waals surface area contributed by atoms with Crippen LogP contribution in [0.4, 0.5) is 79.0 Å². The molecule has 0 N–H and O–H groups in total. The molecule has 0 amide bonds. The predicted molar refractivity (Wildman–Crippen MR) is 198 cm³/mol. The number of hydrogen-bond acceptors (Lipinski definition) is 7. The fraction of sp³-hybridized carbons (Fsp3) is 0.231. The molecule has 0 aliphatic heterocycles. The van der Waals surface area contributed by atoms with Gasteiger partial charge in [0.2, 0.25) is 0 Å². The monoisotopic (exact) mass is 1170 g/mol. The minimum atomic E-state index is -7.43. The summed E-state index contributed by atoms with van der Waals surface area (Å²) >= 11 is -0.178. The molecule has 0 fully saturated rings. The molecule has 29 heteroatoms. The van der Waals surface area contributed by atoms with Crippen molar-refractivity contribution in [2.75, 3.05) is 0 Å². The van der Waals surface area contributed by atoms with Crippen molar-refractivity contribution in [1.82, 2.24) is 0 Å². The molecule has 0 unspecified atom stereocenters. The van der Waals surface area contributed by atoms with Gasteiger partial charge in [0.25, 0.3) is 0 Å². The number of halogens is 19. The molecule has 0 atom stereocenters. The van der Waals surface area contributed by atoms with E-state index in [2.05, 4.69) is 140 Å². The van der Waals surface area contributed by atoms with Crippen LogP contribution in [-0.4, -0.2) is 72.5 Å². The quantitative estimate of drug-likeness (QED) is 0.0500. The number of alkyl halides is 18. The molecule has 374 valence electrons. The minimum absolute atomic E-state index is 0.146. The zero-order valence-corrected chi connectivity index (χ0v) is 37.6. The summed E-state index contributed by atoms with van der Waals surface area (Å²) in [5, 5.41) is -14.2. The Kier molecular flexibility index (Phi) is 17.8. The van der Waals surface area contributed by atoms with Crippen LogP contribution in [0.5, 0.6) is 11.5 Å². The molecular weight excluding hydrogens is 1150 g/mol. The smallest absolute Gasteiger partial charge is 0.460 e. The van der Waals surface area contributed by atoms with Crippen molar-refractivity contribution in [2.24, 2.45) is 0 Å². The molecule has 0 heterocycles. The van der Waals surface area contributed by atoms with E-state index in [9.17, 15) is 105 Å². The number of hydrogen-bond donors (Lipinski definition) is 0. The normalized spacial score (nSPS) is 13.5. The van der Waals surface area contributed by atoms with Gasteiger partial charge in [-0.2, -0.15) is 79.0 Å². The first-order chi connectivity index (χ1) is 30.8. The van der Waals surface area contributed by atoms with Crippen molar-refractivity contribution in [1.29, 1.82) is 0 Å². The van der Waals surface area contributed by atoms with E-state index in [0.717, 1.165) is 11.5 Å². The lowest BCUT2D eigenvalue weighted by atomic mass is 10.1. The van der Waals surface area contributed by atoms with Crippen LogP contribution in [0.15, 0.2) is 148 Å². The Morgan fingerprint density at radius 2 is 0.735 bits per heavy atom. The third-order valence-corrected chi connectivity index (χ3v) is 15.3. The second-order valence-electron chi connectivity index (χ2n) is 13.0. The van der Waals surface area contributed by atoms with Gasteiger partial charge in [-0.05, 0) is 85.8 Å². The molecule has 0 radical (unpaired) electrons. The molecular formula is C39H25F18IO7S3. The molecule has 0 spiro atoms. The van der Waals surface area contributed by atoms with Crippen LogP contribution in [0.25, 0.3) is 0 Å². The van der Waals surface area contributed by atoms with Crippen molar-refractivity contribution >= 4 is 31.1 Å². The van der Waals surface area contributed by atoms with Gasteiger partial charge in [0.05, 0.1) is 10.9 Å². The Morgan fingerprint density at radius 1 is 0.426 bits per heavy atom. The molecule has 7 nitrogen and oxygen atoms in total. The molecule has 0 aliphatic rings. The van der Waals surface area contributed by atoms with Crippen molar-refractivity contribution < 1.29 is 131 Å². The topological polar surface area (TPSA) is 124 Å². The number of benzene rings is 5. The van der Waals surface area contributed by atoms with Crippen LogP contribution in [0, 0.1) is 14.1 Å². The molecule has 68 heavy (non-hydrogen) atoms. The Hall–Kier alpha value is -4.46. The van der Waals surface area contributed by atoms with E-state index in [-0.39, 0.29) is 32.1 Å². The SMILES string of the molecule is Cc1ccccc1[I+]c1ccc(Oc2ccc([S+](c3ccccc3)c3ccccc3)cc2)cc1.O=S(=O)([O-])C(F)(F)C(F)(F)C(F)(F)C(F)(F)F.O=S(=O)([O-])C(F)(F)C(F)(F)C(F)(F)C(F)(F)F. The van der Waals surface area contributed by atoms with E-state index in [4.69, 9.17) is 4.74 Å². The van der Waals surface area contributed by atoms with Crippen molar-refractivity contribution in [3.05, 3.63) is 146 Å². The highest BCUT2D eigenvalue weighted by atomic mass is 127. The van der Waals surface area contributed by atoms with Gasteiger partial charge in [-0.3, -0.25) is 0 Å². The summed E-state index contributed by atoms with van der Waals surface area (Å²) in [5.41, 5.74) is 1.38. The second-order valence-corrected chi connectivity index (χ2v) is 20.9. The summed E-state index contributed by atoms with van der Waals surface area (Å²) in [7, 11) is -15.0. The summed E-state index contributed by atoms with van der Waals surface area (Å²) in [5.74, 6) is -27.9. The minimum Gasteiger partial charge on any atom is -0.743 e. The zero-order chi connectivity index (χ0) is 52.2. The summed E-state index contributed by atoms with van der Waals surface area (Å²) in [6.45, 7) is 2.19. The molecule has 5 aromatic rings. The lowest BCUT2D eigenvalue weighted by Gasteiger charge is -2.34. The highest BCUT2D eigenvalue weighted by Gasteiger charge is 2.85. The summed E-state index contributed by atoms with van der Waals surface area (Å²) in [6, 6.07) is 47.2. The lowest BCUT2D eigenvalue weighted by molar-refractivity contribution is -0.598. The number of aryl methyl sites for hydroxylation is 1. The maximum atomic E-state index is 12.2. The van der Waals surface area contributed by atoms with E-state index in [1.165, 1.54) is 27.4 Å². The van der Waals surface area contributed by atoms with Crippen molar-refractivity contribution in [3.8, 4) is 11.5 Å². The maximum absolute atomic E-state index is 12.2. The highest BCUT2D eigenvalue weighted by molar-refractivity contribution is 7.97. The third kappa shape index (κ3) is 12.5. The van der Waals surface area contributed by atoms with Gasteiger partial charge < -0.3 is 13.8 Å². The lowest BCUT2D eigenvalue weighted by Crippen LogP contribution is -3.61. The first-order valence-electron chi connectivity index (χ1n) is 17.5. The van der Waals surface area contributed by atoms with Crippen LogP contribution < -0.4 is 25.9 Å². The molecule has 0 aromatic heterocycles. The van der Waals surface area contributed by atoms with Crippen molar-refractivity contribution in [3.63, 3.8) is 0 Å². The van der Waals surface area contributed by atoms with Crippen LogP contribution in [0.3, 0.4) is 0 Å². The Bertz CT molecular complexity index is 2560. The summed E-state index contributed by atoms with van der Waals surface area (Å²) in [6.07, 6.45) is -14.3. The zero-order valence-electron chi connectivity index (χ0n) is 33.0. The van der Waals surface area contributed by atoms with Crippen LogP contribution in [-0.2, 0) is 31.1 Å². The Labute approximate surface area is 386 Å². The average molecular weight is 1170 g/mol. The van der Waals surface area contributed by atoms with Crippen LogP contribution >= 0.6 is 0 Å². The van der Waals surface area contributed by atoms with Crippen molar-refractivity contribution in [2.45, 2.75) is 68.2 Å². The first kappa shape index (κ1) is 57.9. The second kappa shape index (κ2) is 20.9. The molecule has 5 aromatic carbocycles. The van der Waals surface area contributed by atoms with Gasteiger partial charge in [0.15, 0.2) is 42.1 Å².